The van der Waals surface area contributed by atoms with Crippen LogP contribution in [0.3, 0.4) is 0 Å². The number of thiophene rings is 1. The zero-order valence-electron chi connectivity index (χ0n) is 10.3. The van der Waals surface area contributed by atoms with Gasteiger partial charge in [-0.05, 0) is 47.6 Å². The monoisotopic (exact) mass is 256 g/mol. The Labute approximate surface area is 111 Å². The number of fused-ring (bicyclic) bond motifs is 2. The van der Waals surface area contributed by atoms with Gasteiger partial charge in [-0.3, -0.25) is 4.79 Å². The zero-order chi connectivity index (χ0) is 12.1. The van der Waals surface area contributed by atoms with Gasteiger partial charge in [0, 0.05) is 16.2 Å². The van der Waals surface area contributed by atoms with E-state index in [1.807, 2.05) is 12.1 Å². The molecule has 1 heterocycles. The van der Waals surface area contributed by atoms with Crippen molar-refractivity contribution in [1.82, 2.24) is 0 Å². The summed E-state index contributed by atoms with van der Waals surface area (Å²) in [5, 5.41) is 3.30. The topological polar surface area (TPSA) is 17.1 Å². The van der Waals surface area contributed by atoms with Crippen LogP contribution in [0.1, 0.15) is 36.0 Å². The molecule has 1 nitrogen and oxygen atoms in total. The number of benzene rings is 1. The molecule has 1 aromatic carbocycles. The Bertz CT molecular complexity index is 600. The highest BCUT2D eigenvalue weighted by Crippen LogP contribution is 2.56. The van der Waals surface area contributed by atoms with Crippen molar-refractivity contribution in [2.24, 2.45) is 17.8 Å². The van der Waals surface area contributed by atoms with Crippen LogP contribution >= 0.6 is 11.3 Å². The third kappa shape index (κ3) is 1.48. The van der Waals surface area contributed by atoms with E-state index in [9.17, 15) is 4.79 Å². The smallest absolute Gasteiger partial charge is 0.167 e. The Morgan fingerprint density at radius 2 is 1.89 bits per heavy atom. The van der Waals surface area contributed by atoms with Crippen molar-refractivity contribution in [3.05, 3.63) is 35.2 Å². The molecule has 2 saturated carbocycles. The zero-order valence-corrected chi connectivity index (χ0v) is 11.1. The number of ketones is 1. The summed E-state index contributed by atoms with van der Waals surface area (Å²) in [5.74, 6) is 2.18. The second-order valence-electron chi connectivity index (χ2n) is 5.65. The molecule has 2 atom stereocenters. The molecule has 0 spiro atoms. The highest BCUT2D eigenvalue weighted by atomic mass is 32.1. The molecule has 2 unspecified atom stereocenters. The molecule has 4 rings (SSSR count). The van der Waals surface area contributed by atoms with E-state index in [0.29, 0.717) is 23.5 Å². The van der Waals surface area contributed by atoms with E-state index >= 15 is 0 Å². The molecule has 2 fully saturated rings. The highest BCUT2D eigenvalue weighted by molar-refractivity contribution is 7.17. The Hall–Kier alpha value is -1.15. The van der Waals surface area contributed by atoms with E-state index in [1.54, 1.807) is 11.3 Å². The van der Waals surface area contributed by atoms with Gasteiger partial charge in [0.15, 0.2) is 5.78 Å². The summed E-state index contributed by atoms with van der Waals surface area (Å²) in [6.07, 6.45) is 5.21. The molecule has 0 aliphatic heterocycles. The lowest BCUT2D eigenvalue weighted by atomic mass is 10.0. The van der Waals surface area contributed by atoms with Crippen molar-refractivity contribution < 1.29 is 4.79 Å². The minimum atomic E-state index is 0.347. The summed E-state index contributed by atoms with van der Waals surface area (Å²) in [6.45, 7) is 0. The van der Waals surface area contributed by atoms with E-state index in [4.69, 9.17) is 0 Å². The molecule has 2 aliphatic carbocycles. The van der Waals surface area contributed by atoms with Crippen LogP contribution in [0.5, 0.6) is 0 Å². The van der Waals surface area contributed by atoms with Gasteiger partial charge in [0.25, 0.3) is 0 Å². The van der Waals surface area contributed by atoms with Gasteiger partial charge >= 0.3 is 0 Å². The van der Waals surface area contributed by atoms with Crippen LogP contribution in [0.4, 0.5) is 0 Å². The summed E-state index contributed by atoms with van der Waals surface area (Å²) < 4.78 is 1.19. The molecule has 18 heavy (non-hydrogen) atoms. The molecule has 92 valence electrons. The molecule has 2 heteroatoms. The van der Waals surface area contributed by atoms with Gasteiger partial charge in [-0.15, -0.1) is 11.3 Å². The molecular weight excluding hydrogens is 240 g/mol. The second kappa shape index (κ2) is 3.92. The van der Waals surface area contributed by atoms with Gasteiger partial charge < -0.3 is 0 Å². The van der Waals surface area contributed by atoms with Gasteiger partial charge in [0.05, 0.1) is 0 Å². The Balaban J connectivity index is 1.71. The van der Waals surface area contributed by atoms with E-state index in [2.05, 4.69) is 17.5 Å². The van der Waals surface area contributed by atoms with Crippen LogP contribution in [0, 0.1) is 17.8 Å². The molecule has 1 aromatic heterocycles. The Morgan fingerprint density at radius 1 is 1.11 bits per heavy atom. The van der Waals surface area contributed by atoms with Gasteiger partial charge in [0.1, 0.15) is 0 Å². The molecule has 0 N–H and O–H groups in total. The van der Waals surface area contributed by atoms with Crippen LogP contribution in [-0.4, -0.2) is 5.78 Å². The number of hydrogen-bond donors (Lipinski definition) is 0. The largest absolute Gasteiger partial charge is 0.294 e. The van der Waals surface area contributed by atoms with E-state index in [1.165, 1.54) is 35.8 Å². The predicted octanol–water partition coefficient (Wildman–Crippen LogP) is 4.52. The molecule has 2 aromatic rings. The van der Waals surface area contributed by atoms with Crippen molar-refractivity contribution >= 4 is 27.2 Å². The Kier molecular flexibility index (Phi) is 2.34. The third-order valence-corrected chi connectivity index (χ3v) is 5.67. The van der Waals surface area contributed by atoms with Crippen LogP contribution in [-0.2, 0) is 0 Å². The van der Waals surface area contributed by atoms with E-state index in [0.717, 1.165) is 5.56 Å². The first-order valence-corrected chi connectivity index (χ1v) is 7.74. The van der Waals surface area contributed by atoms with Crippen LogP contribution in [0.15, 0.2) is 29.6 Å². The first-order chi connectivity index (χ1) is 8.86. The van der Waals surface area contributed by atoms with Crippen molar-refractivity contribution in [1.29, 1.82) is 0 Å². The number of carbonyl (C=O) groups excluding carboxylic acids is 1. The van der Waals surface area contributed by atoms with Crippen molar-refractivity contribution in [3.8, 4) is 0 Å². The number of carbonyl (C=O) groups is 1. The first-order valence-electron chi connectivity index (χ1n) is 6.87. The normalized spacial score (nSPS) is 30.1. The van der Waals surface area contributed by atoms with Crippen molar-refractivity contribution in [3.63, 3.8) is 0 Å². The average molecular weight is 256 g/mol. The number of Topliss-reactive ketones (excluding diaryl/α,β-unsaturated/α-hetero) is 1. The Morgan fingerprint density at radius 3 is 2.67 bits per heavy atom. The quantitative estimate of drug-likeness (QED) is 0.722. The van der Waals surface area contributed by atoms with Gasteiger partial charge in [-0.1, -0.05) is 25.0 Å². The average Bonchev–Trinajstić information content (AvgIpc) is 2.93. The van der Waals surface area contributed by atoms with Gasteiger partial charge in [-0.2, -0.15) is 0 Å². The maximum atomic E-state index is 12.7. The fourth-order valence-electron chi connectivity index (χ4n) is 3.75. The third-order valence-electron chi connectivity index (χ3n) is 4.70. The van der Waals surface area contributed by atoms with E-state index < -0.39 is 0 Å². The molecule has 0 bridgehead atoms. The van der Waals surface area contributed by atoms with Gasteiger partial charge in [0.2, 0.25) is 0 Å². The minimum absolute atomic E-state index is 0.347. The van der Waals surface area contributed by atoms with Crippen molar-refractivity contribution in [2.45, 2.75) is 25.7 Å². The van der Waals surface area contributed by atoms with E-state index in [-0.39, 0.29) is 0 Å². The molecule has 0 amide bonds. The lowest BCUT2D eigenvalue weighted by molar-refractivity contribution is 0.0958. The first kappa shape index (κ1) is 10.7. The van der Waals surface area contributed by atoms with Gasteiger partial charge in [-0.25, -0.2) is 0 Å². The fraction of sp³-hybridized carbons (Fsp3) is 0.438. The highest BCUT2D eigenvalue weighted by Gasteiger charge is 2.54. The predicted molar refractivity (Wildman–Crippen MR) is 75.1 cm³/mol. The maximum absolute atomic E-state index is 12.7. The minimum Gasteiger partial charge on any atom is -0.294 e. The summed E-state index contributed by atoms with van der Waals surface area (Å²) in [7, 11) is 0. The lowest BCUT2D eigenvalue weighted by Crippen LogP contribution is -2.04. The summed E-state index contributed by atoms with van der Waals surface area (Å²) in [5.41, 5.74) is 0.974. The summed E-state index contributed by atoms with van der Waals surface area (Å²) in [6, 6.07) is 8.25. The molecular formula is C16H16OS. The lowest BCUT2D eigenvalue weighted by Gasteiger charge is -2.04. The number of hydrogen-bond acceptors (Lipinski definition) is 2. The second-order valence-corrected chi connectivity index (χ2v) is 6.56. The van der Waals surface area contributed by atoms with Crippen LogP contribution in [0.2, 0.25) is 0 Å². The van der Waals surface area contributed by atoms with Crippen molar-refractivity contribution in [2.75, 3.05) is 0 Å². The summed E-state index contributed by atoms with van der Waals surface area (Å²) in [4.78, 5) is 12.7. The fourth-order valence-corrected chi connectivity index (χ4v) is 4.67. The molecule has 0 radical (unpaired) electrons. The molecule has 2 aliphatic rings. The SMILES string of the molecule is O=C(c1cccc2ccsc12)C1C2CCCCC21. The number of rotatable bonds is 2. The van der Waals surface area contributed by atoms with Crippen LogP contribution in [0.25, 0.3) is 10.1 Å². The maximum Gasteiger partial charge on any atom is 0.167 e. The summed E-state index contributed by atoms with van der Waals surface area (Å²) >= 11 is 1.70. The molecule has 0 saturated heterocycles. The van der Waals surface area contributed by atoms with Crippen LogP contribution < -0.4 is 0 Å². The standard InChI is InChI=1S/C16H16OS/c17-15(14-11-5-1-2-6-12(11)14)13-7-3-4-10-8-9-18-16(10)13/h3-4,7-9,11-12,14H,1-2,5-6H2.